The van der Waals surface area contributed by atoms with Gasteiger partial charge in [-0.1, -0.05) is 146 Å². The third-order valence-electron chi connectivity index (χ3n) is 18.2. The van der Waals surface area contributed by atoms with Crippen molar-refractivity contribution in [3.05, 3.63) is 319 Å². The smallest absolute Gasteiger partial charge is 0.335 e. The van der Waals surface area contributed by atoms with Crippen LogP contribution in [0.5, 0.6) is 0 Å². The first-order valence-corrected chi connectivity index (χ1v) is 28.5. The molecule has 87 heavy (non-hydrogen) atoms. The molecule has 13 rings (SSSR count). The van der Waals surface area contributed by atoms with Gasteiger partial charge in [-0.2, -0.15) is 0 Å². The molecule has 0 spiro atoms. The maximum atomic E-state index is 13.0. The third-order valence-corrected chi connectivity index (χ3v) is 18.2. The van der Waals surface area contributed by atoms with Crippen molar-refractivity contribution in [1.82, 2.24) is 0 Å². The highest BCUT2D eigenvalue weighted by atomic mass is 16.4. The van der Waals surface area contributed by atoms with Crippen LogP contribution in [0.3, 0.4) is 0 Å². The van der Waals surface area contributed by atoms with Crippen molar-refractivity contribution in [2.45, 2.75) is 54.8 Å². The molecule has 0 saturated carbocycles. The predicted octanol–water partition coefficient (Wildman–Crippen LogP) is 14.1. The average molecular weight is 1150 g/mol. The van der Waals surface area contributed by atoms with Gasteiger partial charge < -0.3 is 30.6 Å². The summed E-state index contributed by atoms with van der Waals surface area (Å²) in [4.78, 5) is 77.9. The van der Waals surface area contributed by atoms with Gasteiger partial charge in [-0.15, -0.1) is 0 Å². The van der Waals surface area contributed by atoms with E-state index >= 15 is 0 Å². The van der Waals surface area contributed by atoms with E-state index in [1.807, 2.05) is 72.8 Å². The van der Waals surface area contributed by atoms with E-state index in [9.17, 15) is 59.4 Å². The molecule has 0 unspecified atom stereocenters. The van der Waals surface area contributed by atoms with E-state index in [2.05, 4.69) is 36.4 Å². The van der Waals surface area contributed by atoms with Crippen molar-refractivity contribution in [3.63, 3.8) is 0 Å². The molecule has 10 aromatic carbocycles. The number of carboxylic acids is 6. The van der Waals surface area contributed by atoms with E-state index in [1.165, 1.54) is 0 Å². The number of hydrogen-bond donors (Lipinski definition) is 6. The number of aromatic carboxylic acids is 6. The van der Waals surface area contributed by atoms with Gasteiger partial charge in [0.15, 0.2) is 0 Å². The normalized spacial score (nSPS) is 13.9. The fraction of sp³-hybridized carbons (Fsp3) is 0.120. The van der Waals surface area contributed by atoms with Crippen LogP contribution in [0.1, 0.15) is 129 Å². The minimum atomic E-state index is -1.18. The number of benzene rings is 10. The topological polar surface area (TPSA) is 224 Å². The molecule has 0 aromatic heterocycles. The van der Waals surface area contributed by atoms with E-state index in [-0.39, 0.29) is 71.9 Å². The second-order valence-corrected chi connectivity index (χ2v) is 23.2. The molecule has 0 atom stereocenters. The first kappa shape index (κ1) is 55.2. The largest absolute Gasteiger partial charge is 0.478 e. The van der Waals surface area contributed by atoms with Gasteiger partial charge in [-0.3, -0.25) is 0 Å². The Balaban J connectivity index is 1.27. The van der Waals surface area contributed by atoms with Crippen molar-refractivity contribution in [2.75, 3.05) is 0 Å². The SMILES string of the molecule is O=C(O)c1cccc(CC2(Cc3cccc(C(=O)O)c3)c3ccccc3-c3c2c2c(c4c3C(Cc3cccc(C(=O)O)c3)(Cc3cccc(C(=O)O)c3)c3ccccc3-4)C(Cc3cccc(C(=O)O)c3)(Cc3cccc(C(=O)O)c3)c3ccccc3-2)c1. The highest BCUT2D eigenvalue weighted by Crippen LogP contribution is 2.70. The zero-order valence-electron chi connectivity index (χ0n) is 46.7. The monoisotopic (exact) mass is 1150 g/mol. The van der Waals surface area contributed by atoms with Crippen LogP contribution in [0.4, 0.5) is 0 Å². The van der Waals surface area contributed by atoms with Gasteiger partial charge >= 0.3 is 35.8 Å². The van der Waals surface area contributed by atoms with Crippen molar-refractivity contribution >= 4 is 35.8 Å². The molecule has 0 fully saturated rings. The quantitative estimate of drug-likeness (QED) is 0.0472. The molecule has 3 aliphatic carbocycles. The Labute approximate surface area is 499 Å². The summed E-state index contributed by atoms with van der Waals surface area (Å²) in [6, 6.07) is 65.6. The van der Waals surface area contributed by atoms with Crippen molar-refractivity contribution < 1.29 is 59.4 Å². The maximum Gasteiger partial charge on any atom is 0.335 e. The lowest BCUT2D eigenvalue weighted by molar-refractivity contribution is 0.0686. The molecule has 426 valence electrons. The van der Waals surface area contributed by atoms with Gasteiger partial charge in [0.05, 0.1) is 33.4 Å². The predicted molar refractivity (Wildman–Crippen MR) is 328 cm³/mol. The molecule has 6 N–H and O–H groups in total. The summed E-state index contributed by atoms with van der Waals surface area (Å²) >= 11 is 0. The van der Waals surface area contributed by atoms with Crippen LogP contribution in [0.2, 0.25) is 0 Å². The second kappa shape index (κ2) is 21.3. The second-order valence-electron chi connectivity index (χ2n) is 23.2. The molecule has 0 amide bonds. The molecule has 0 radical (unpaired) electrons. The summed E-state index contributed by atoms with van der Waals surface area (Å²) in [5.74, 6) is -6.72. The Hall–Kier alpha value is -11.0. The van der Waals surface area contributed by atoms with Gasteiger partial charge in [-0.25, -0.2) is 28.8 Å². The van der Waals surface area contributed by atoms with Gasteiger partial charge in [-0.05, 0) is 211 Å². The maximum absolute atomic E-state index is 13.0. The van der Waals surface area contributed by atoms with Crippen molar-refractivity contribution in [3.8, 4) is 33.4 Å². The first-order valence-electron chi connectivity index (χ1n) is 28.5. The number of hydrogen-bond acceptors (Lipinski definition) is 6. The zero-order valence-corrected chi connectivity index (χ0v) is 46.7. The summed E-state index contributed by atoms with van der Waals surface area (Å²) in [6.45, 7) is 0. The van der Waals surface area contributed by atoms with Crippen LogP contribution in [0.15, 0.2) is 218 Å². The molecular weight excluding hydrogens is 1090 g/mol. The number of carbonyl (C=O) groups is 6. The lowest BCUT2D eigenvalue weighted by Crippen LogP contribution is -2.36. The molecule has 0 heterocycles. The Kier molecular flexibility index (Phi) is 13.5. The van der Waals surface area contributed by atoms with E-state index in [4.69, 9.17) is 0 Å². The fourth-order valence-corrected chi connectivity index (χ4v) is 15.0. The van der Waals surface area contributed by atoms with Gasteiger partial charge in [0.25, 0.3) is 0 Å². The van der Waals surface area contributed by atoms with E-state index < -0.39 is 52.1 Å². The van der Waals surface area contributed by atoms with Crippen LogP contribution >= 0.6 is 0 Å². The molecular formula is C75H54O12. The van der Waals surface area contributed by atoms with Crippen LogP contribution in [0.25, 0.3) is 33.4 Å². The molecule has 10 aromatic rings. The summed E-state index contributed by atoms with van der Waals surface area (Å²) in [6.07, 6.45) is 1.16. The van der Waals surface area contributed by atoms with Gasteiger partial charge in [0, 0.05) is 16.2 Å². The van der Waals surface area contributed by atoms with Gasteiger partial charge in [0.2, 0.25) is 0 Å². The Morgan fingerprint density at radius 2 is 0.425 bits per heavy atom. The summed E-state index contributed by atoms with van der Waals surface area (Å²) in [5.41, 5.74) is 11.3. The Morgan fingerprint density at radius 3 is 0.609 bits per heavy atom. The van der Waals surface area contributed by atoms with Crippen LogP contribution in [-0.2, 0) is 54.8 Å². The average Bonchev–Trinajstić information content (AvgIpc) is 1.49. The molecule has 0 bridgehead atoms. The molecule has 12 heteroatoms. The van der Waals surface area contributed by atoms with E-state index in [0.717, 1.165) is 66.8 Å². The number of rotatable bonds is 18. The molecule has 0 aliphatic heterocycles. The van der Waals surface area contributed by atoms with Gasteiger partial charge in [0.1, 0.15) is 0 Å². The highest BCUT2D eigenvalue weighted by Gasteiger charge is 2.58. The minimum absolute atomic E-state index is 0.0689. The summed E-state index contributed by atoms with van der Waals surface area (Å²) in [7, 11) is 0. The van der Waals surface area contributed by atoms with Crippen molar-refractivity contribution in [1.29, 1.82) is 0 Å². The van der Waals surface area contributed by atoms with Crippen molar-refractivity contribution in [2.24, 2.45) is 0 Å². The van der Waals surface area contributed by atoms with E-state index in [1.54, 1.807) is 109 Å². The first-order chi connectivity index (χ1) is 42.0. The lowest BCUT2D eigenvalue weighted by Gasteiger charge is -2.40. The molecule has 3 aliphatic rings. The Morgan fingerprint density at radius 1 is 0.241 bits per heavy atom. The third kappa shape index (κ3) is 9.24. The Bertz CT molecular complexity index is 3930. The van der Waals surface area contributed by atoms with E-state index in [0.29, 0.717) is 33.4 Å². The molecule has 12 nitrogen and oxygen atoms in total. The highest BCUT2D eigenvalue weighted by molar-refractivity contribution is 6.06. The minimum Gasteiger partial charge on any atom is -0.478 e. The number of fused-ring (bicyclic) bond motifs is 12. The van der Waals surface area contributed by atoms with Crippen LogP contribution in [-0.4, -0.2) is 66.5 Å². The molecule has 0 saturated heterocycles. The van der Waals surface area contributed by atoms with Crippen LogP contribution < -0.4 is 0 Å². The number of carboxylic acid groups (broad SMARTS) is 6. The standard InChI is InChI=1S/C75H54O12/c76-67(77)49-19-7-13-43(31-49)37-73(38-44-14-8-20-50(32-44)68(78)79)58-28-4-1-25-55(58)61-64(73)62-57-27-3-6-30-60(57)75(41-47-17-11-23-53(35-47)71(84)85,42-48-18-12-24-54(36-48)72(86)87)66(62)63-56-26-2-5-29-59(56)74(65(61)63,39-45-15-9-21-51(33-45)69(80)81)40-46-16-10-22-52(34-46)70(82)83/h1-36H,37-42H2,(H,76,77)(H,78,79)(H,80,81)(H,82,83)(H,84,85)(H,86,87). The zero-order chi connectivity index (χ0) is 60.5. The summed E-state index contributed by atoms with van der Waals surface area (Å²) < 4.78 is 0. The lowest BCUT2D eigenvalue weighted by atomic mass is 9.62. The fourth-order valence-electron chi connectivity index (χ4n) is 15.0. The summed E-state index contributed by atoms with van der Waals surface area (Å²) in [5, 5.41) is 63.6. The van der Waals surface area contributed by atoms with Crippen LogP contribution in [0, 0.1) is 0 Å².